The molecular formula is C31H34N2O4. The van der Waals surface area contributed by atoms with Crippen LogP contribution >= 0.6 is 0 Å². The van der Waals surface area contributed by atoms with Crippen LogP contribution in [0.5, 0.6) is 0 Å². The van der Waals surface area contributed by atoms with E-state index in [0.29, 0.717) is 30.6 Å². The Bertz CT molecular complexity index is 1250. The molecule has 192 valence electrons. The van der Waals surface area contributed by atoms with Gasteiger partial charge in [0.05, 0.1) is 18.6 Å². The van der Waals surface area contributed by atoms with E-state index in [0.717, 1.165) is 41.3 Å². The van der Waals surface area contributed by atoms with E-state index in [1.165, 1.54) is 6.08 Å². The van der Waals surface area contributed by atoms with Gasteiger partial charge in [0.15, 0.2) is 0 Å². The van der Waals surface area contributed by atoms with Crippen molar-refractivity contribution in [2.75, 3.05) is 23.9 Å². The van der Waals surface area contributed by atoms with E-state index in [4.69, 9.17) is 5.11 Å². The molecule has 2 unspecified atom stereocenters. The number of aliphatic hydroxyl groups excluding tert-OH is 1. The predicted octanol–water partition coefficient (Wildman–Crippen LogP) is 5.60. The van der Waals surface area contributed by atoms with Crippen molar-refractivity contribution in [1.82, 2.24) is 0 Å². The molecule has 0 spiro atoms. The van der Waals surface area contributed by atoms with Gasteiger partial charge in [-0.05, 0) is 65.4 Å². The van der Waals surface area contributed by atoms with Crippen LogP contribution in [0.25, 0.3) is 17.2 Å². The maximum atomic E-state index is 13.7. The average molecular weight is 499 g/mol. The number of carboxylic acid groups (broad SMARTS) is 1. The number of carbonyl (C=O) groups is 2. The van der Waals surface area contributed by atoms with Gasteiger partial charge in [-0.25, -0.2) is 4.79 Å². The van der Waals surface area contributed by atoms with Crippen molar-refractivity contribution in [2.45, 2.75) is 38.3 Å². The van der Waals surface area contributed by atoms with Gasteiger partial charge in [-0.1, -0.05) is 61.4 Å². The van der Waals surface area contributed by atoms with E-state index in [-0.39, 0.29) is 5.91 Å². The number of hydrogen-bond acceptors (Lipinski definition) is 4. The summed E-state index contributed by atoms with van der Waals surface area (Å²) in [6.45, 7) is 0.355. The van der Waals surface area contributed by atoms with Gasteiger partial charge in [-0.2, -0.15) is 0 Å². The number of benzene rings is 3. The Morgan fingerprint density at radius 2 is 1.54 bits per heavy atom. The summed E-state index contributed by atoms with van der Waals surface area (Å²) in [6.07, 6.45) is 5.09. The molecule has 6 nitrogen and oxygen atoms in total. The molecule has 0 radical (unpaired) electrons. The Hall–Kier alpha value is -3.90. The van der Waals surface area contributed by atoms with E-state index >= 15 is 0 Å². The van der Waals surface area contributed by atoms with E-state index in [9.17, 15) is 14.7 Å². The summed E-state index contributed by atoms with van der Waals surface area (Å²) in [7, 11) is 4.03. The number of nitrogens with zero attached hydrogens (tertiary/aromatic N) is 2. The lowest BCUT2D eigenvalue weighted by atomic mass is 9.85. The van der Waals surface area contributed by atoms with Gasteiger partial charge in [-0.3, -0.25) is 4.79 Å². The van der Waals surface area contributed by atoms with Crippen LogP contribution in [0.1, 0.15) is 36.8 Å². The number of rotatable bonds is 8. The SMILES string of the molecule is CN(C)c1ccc(-c2ccc(CN(C(=O)C3CCCCC3O)c3cccc(C=CC(=O)O)c3)cc2)cc1. The molecule has 1 amide bonds. The maximum Gasteiger partial charge on any atom is 0.328 e. The number of carboxylic acids is 1. The lowest BCUT2D eigenvalue weighted by Gasteiger charge is -2.32. The summed E-state index contributed by atoms with van der Waals surface area (Å²) in [4.78, 5) is 28.5. The predicted molar refractivity (Wildman–Crippen MR) is 148 cm³/mol. The molecule has 1 saturated carbocycles. The minimum absolute atomic E-state index is 0.102. The average Bonchev–Trinajstić information content (AvgIpc) is 2.91. The normalized spacial score (nSPS) is 17.5. The molecule has 2 atom stereocenters. The number of anilines is 2. The van der Waals surface area contributed by atoms with Crippen LogP contribution in [-0.4, -0.2) is 42.3 Å². The van der Waals surface area contributed by atoms with Gasteiger partial charge in [0.25, 0.3) is 0 Å². The maximum absolute atomic E-state index is 13.7. The van der Waals surface area contributed by atoms with Crippen LogP contribution in [0.4, 0.5) is 11.4 Å². The third-order valence-electron chi connectivity index (χ3n) is 6.92. The Morgan fingerprint density at radius 1 is 0.892 bits per heavy atom. The quantitative estimate of drug-likeness (QED) is 0.395. The third kappa shape index (κ3) is 6.66. The highest BCUT2D eigenvalue weighted by atomic mass is 16.4. The van der Waals surface area contributed by atoms with Crippen molar-refractivity contribution in [2.24, 2.45) is 5.92 Å². The van der Waals surface area contributed by atoms with Gasteiger partial charge in [-0.15, -0.1) is 0 Å². The van der Waals surface area contributed by atoms with Crippen LogP contribution in [0.15, 0.2) is 78.9 Å². The Balaban J connectivity index is 1.61. The second-order valence-corrected chi connectivity index (χ2v) is 9.79. The van der Waals surface area contributed by atoms with Gasteiger partial charge < -0.3 is 20.0 Å². The molecule has 0 aromatic heterocycles. The van der Waals surface area contributed by atoms with Crippen LogP contribution in [-0.2, 0) is 16.1 Å². The molecule has 0 heterocycles. The van der Waals surface area contributed by atoms with E-state index in [2.05, 4.69) is 41.3 Å². The fourth-order valence-corrected chi connectivity index (χ4v) is 4.80. The molecule has 3 aromatic rings. The fraction of sp³-hybridized carbons (Fsp3) is 0.290. The summed E-state index contributed by atoms with van der Waals surface area (Å²) in [5.41, 5.74) is 5.69. The smallest absolute Gasteiger partial charge is 0.328 e. The summed E-state index contributed by atoms with van der Waals surface area (Å²) in [5.74, 6) is -1.57. The first kappa shape index (κ1) is 26.2. The molecule has 6 heteroatoms. The molecule has 0 saturated heterocycles. The van der Waals surface area contributed by atoms with Crippen LogP contribution < -0.4 is 9.80 Å². The summed E-state index contributed by atoms with van der Waals surface area (Å²) < 4.78 is 0. The number of amides is 1. The largest absolute Gasteiger partial charge is 0.478 e. The Morgan fingerprint density at radius 3 is 2.16 bits per heavy atom. The van der Waals surface area contributed by atoms with Gasteiger partial charge in [0.1, 0.15) is 0 Å². The second kappa shape index (κ2) is 11.9. The fourth-order valence-electron chi connectivity index (χ4n) is 4.80. The standard InChI is InChI=1S/C31H34N2O4/c1-32(2)26-17-15-25(16-18-26)24-13-10-23(11-14-24)21-33(31(37)28-8-3-4-9-29(28)34)27-7-5-6-22(20-27)12-19-30(35)36/h5-7,10-20,28-29,34H,3-4,8-9,21H2,1-2H3,(H,35,36). The lowest BCUT2D eigenvalue weighted by Crippen LogP contribution is -2.42. The van der Waals surface area contributed by atoms with Crippen LogP contribution in [0.2, 0.25) is 0 Å². The van der Waals surface area contributed by atoms with E-state index in [1.807, 2.05) is 44.4 Å². The van der Waals surface area contributed by atoms with Gasteiger partial charge in [0, 0.05) is 31.5 Å². The first-order chi connectivity index (χ1) is 17.8. The summed E-state index contributed by atoms with van der Waals surface area (Å²) in [5, 5.41) is 19.6. The lowest BCUT2D eigenvalue weighted by molar-refractivity contribution is -0.131. The highest BCUT2D eigenvalue weighted by Gasteiger charge is 2.33. The van der Waals surface area contributed by atoms with Crippen molar-refractivity contribution in [3.63, 3.8) is 0 Å². The Labute approximate surface area is 218 Å². The molecular weight excluding hydrogens is 464 g/mol. The molecule has 0 aliphatic heterocycles. The molecule has 4 rings (SSSR count). The van der Waals surface area contributed by atoms with Gasteiger partial charge >= 0.3 is 5.97 Å². The van der Waals surface area contributed by atoms with Crippen molar-refractivity contribution < 1.29 is 19.8 Å². The van der Waals surface area contributed by atoms with Crippen LogP contribution in [0.3, 0.4) is 0 Å². The molecule has 2 N–H and O–H groups in total. The number of carbonyl (C=O) groups excluding carboxylic acids is 1. The molecule has 1 aliphatic rings. The van der Waals surface area contributed by atoms with E-state index < -0.39 is 18.0 Å². The first-order valence-electron chi connectivity index (χ1n) is 12.7. The minimum Gasteiger partial charge on any atom is -0.478 e. The summed E-state index contributed by atoms with van der Waals surface area (Å²) in [6, 6.07) is 23.8. The Kier molecular flexibility index (Phi) is 8.41. The van der Waals surface area contributed by atoms with Gasteiger partial charge in [0.2, 0.25) is 5.91 Å². The molecule has 1 fully saturated rings. The third-order valence-corrected chi connectivity index (χ3v) is 6.92. The highest BCUT2D eigenvalue weighted by molar-refractivity contribution is 5.96. The number of aliphatic hydroxyl groups is 1. The first-order valence-corrected chi connectivity index (χ1v) is 12.7. The van der Waals surface area contributed by atoms with Crippen LogP contribution in [0, 0.1) is 5.92 Å². The van der Waals surface area contributed by atoms with Crippen molar-refractivity contribution in [3.8, 4) is 11.1 Å². The zero-order valence-corrected chi connectivity index (χ0v) is 21.4. The number of hydrogen-bond donors (Lipinski definition) is 2. The topological polar surface area (TPSA) is 81.1 Å². The molecule has 37 heavy (non-hydrogen) atoms. The number of aliphatic carboxylic acids is 1. The zero-order valence-electron chi connectivity index (χ0n) is 21.4. The van der Waals surface area contributed by atoms with Crippen molar-refractivity contribution >= 4 is 29.3 Å². The highest BCUT2D eigenvalue weighted by Crippen LogP contribution is 2.30. The van der Waals surface area contributed by atoms with Crippen molar-refractivity contribution in [3.05, 3.63) is 90.0 Å². The van der Waals surface area contributed by atoms with Crippen molar-refractivity contribution in [1.29, 1.82) is 0 Å². The molecule has 0 bridgehead atoms. The molecule has 3 aromatic carbocycles. The monoisotopic (exact) mass is 498 g/mol. The van der Waals surface area contributed by atoms with E-state index in [1.54, 1.807) is 11.0 Å². The molecule has 1 aliphatic carbocycles. The summed E-state index contributed by atoms with van der Waals surface area (Å²) >= 11 is 0. The second-order valence-electron chi connectivity index (χ2n) is 9.79. The minimum atomic E-state index is -1.03. The zero-order chi connectivity index (χ0) is 26.4.